The van der Waals surface area contributed by atoms with E-state index in [-0.39, 0.29) is 5.91 Å². The molecule has 0 aliphatic heterocycles. The summed E-state index contributed by atoms with van der Waals surface area (Å²) in [6.45, 7) is 4.43. The maximum absolute atomic E-state index is 12.7. The Morgan fingerprint density at radius 3 is 2.74 bits per heavy atom. The summed E-state index contributed by atoms with van der Waals surface area (Å²) in [7, 11) is 1.97. The first kappa shape index (κ1) is 17.4. The summed E-state index contributed by atoms with van der Waals surface area (Å²) in [4.78, 5) is 22.4. The van der Waals surface area contributed by atoms with Crippen LogP contribution in [0.15, 0.2) is 48.8 Å². The maximum Gasteiger partial charge on any atom is 0.263 e. The van der Waals surface area contributed by atoms with E-state index in [0.29, 0.717) is 11.4 Å². The number of amides is 1. The third-order valence-electron chi connectivity index (χ3n) is 4.54. The molecular weight excluding hydrogens is 356 g/mol. The van der Waals surface area contributed by atoms with Crippen molar-refractivity contribution >= 4 is 28.3 Å². The Hall–Kier alpha value is -2.99. The van der Waals surface area contributed by atoms with Gasteiger partial charge < -0.3 is 9.88 Å². The second-order valence-corrected chi connectivity index (χ2v) is 7.63. The lowest BCUT2D eigenvalue weighted by Crippen LogP contribution is -2.22. The number of hydrogen-bond donors (Lipinski definition) is 1. The van der Waals surface area contributed by atoms with Gasteiger partial charge in [-0.2, -0.15) is 0 Å². The zero-order chi connectivity index (χ0) is 19.0. The second-order valence-electron chi connectivity index (χ2n) is 6.63. The van der Waals surface area contributed by atoms with Gasteiger partial charge in [-0.15, -0.1) is 11.3 Å². The molecule has 0 unspecified atom stereocenters. The van der Waals surface area contributed by atoms with Crippen LogP contribution in [0.4, 0.5) is 0 Å². The van der Waals surface area contributed by atoms with E-state index in [1.165, 1.54) is 16.9 Å². The van der Waals surface area contributed by atoms with Crippen LogP contribution in [-0.2, 0) is 13.6 Å². The predicted molar refractivity (Wildman–Crippen MR) is 109 cm³/mol. The quantitative estimate of drug-likeness (QED) is 0.579. The number of carbonyl (C=O) groups excluding carboxylic acids is 1. The minimum absolute atomic E-state index is 0.0878. The largest absolute Gasteiger partial charge is 0.347 e. The monoisotopic (exact) mass is 376 g/mol. The van der Waals surface area contributed by atoms with Crippen molar-refractivity contribution in [1.82, 2.24) is 19.9 Å². The Bertz CT molecular complexity index is 1130. The molecule has 0 aliphatic carbocycles. The van der Waals surface area contributed by atoms with Gasteiger partial charge in [-0.3, -0.25) is 4.79 Å². The Morgan fingerprint density at radius 1 is 1.19 bits per heavy atom. The summed E-state index contributed by atoms with van der Waals surface area (Å²) in [6, 6.07) is 12.1. The average molecular weight is 376 g/mol. The number of nitrogens with zero attached hydrogens (tertiary/aromatic N) is 3. The lowest BCUT2D eigenvalue weighted by atomic mass is 10.1. The molecular formula is C21H20N4OS. The molecule has 0 atom stereocenters. The van der Waals surface area contributed by atoms with Gasteiger partial charge in [-0.1, -0.05) is 29.8 Å². The molecule has 4 aromatic rings. The van der Waals surface area contributed by atoms with Crippen molar-refractivity contribution in [2.45, 2.75) is 20.4 Å². The van der Waals surface area contributed by atoms with Gasteiger partial charge in [-0.05, 0) is 31.5 Å². The van der Waals surface area contributed by atoms with Gasteiger partial charge in [0.1, 0.15) is 15.5 Å². The van der Waals surface area contributed by atoms with Gasteiger partial charge in [0, 0.05) is 36.9 Å². The van der Waals surface area contributed by atoms with Crippen LogP contribution in [0.1, 0.15) is 26.5 Å². The standard InChI is InChI=1S/C21H20N4OS/c1-13-6-8-15(9-7-13)11-23-20(26)18-14(2)24-21(27-18)17-12-25(3)19-16(17)5-4-10-22-19/h4-10,12H,11H2,1-3H3,(H,23,26). The molecule has 0 aliphatic rings. The van der Waals surface area contributed by atoms with Crippen LogP contribution in [0.3, 0.4) is 0 Å². The van der Waals surface area contributed by atoms with Crippen LogP contribution >= 0.6 is 11.3 Å². The van der Waals surface area contributed by atoms with Gasteiger partial charge in [0.25, 0.3) is 5.91 Å². The first-order valence-corrected chi connectivity index (χ1v) is 9.56. The number of carbonyl (C=O) groups is 1. The van der Waals surface area contributed by atoms with E-state index in [2.05, 4.69) is 15.3 Å². The van der Waals surface area contributed by atoms with Gasteiger partial charge in [0.15, 0.2) is 0 Å². The number of nitrogens with one attached hydrogen (secondary N) is 1. The number of pyridine rings is 1. The Kier molecular flexibility index (Phi) is 4.49. The van der Waals surface area contributed by atoms with Crippen LogP contribution in [-0.4, -0.2) is 20.4 Å². The van der Waals surface area contributed by atoms with Crippen LogP contribution in [0.25, 0.3) is 21.6 Å². The summed E-state index contributed by atoms with van der Waals surface area (Å²) in [5, 5.41) is 4.88. The van der Waals surface area contributed by atoms with Crippen molar-refractivity contribution < 1.29 is 4.79 Å². The molecule has 5 nitrogen and oxygen atoms in total. The van der Waals surface area contributed by atoms with Gasteiger partial charge in [-0.25, -0.2) is 9.97 Å². The first-order valence-electron chi connectivity index (χ1n) is 8.74. The molecule has 0 bridgehead atoms. The predicted octanol–water partition coefficient (Wildman–Crippen LogP) is 4.24. The van der Waals surface area contributed by atoms with Crippen molar-refractivity contribution in [3.63, 3.8) is 0 Å². The van der Waals surface area contributed by atoms with Crippen LogP contribution < -0.4 is 5.32 Å². The van der Waals surface area contributed by atoms with Crippen molar-refractivity contribution in [3.8, 4) is 10.6 Å². The highest BCUT2D eigenvalue weighted by Gasteiger charge is 2.19. The SMILES string of the molecule is Cc1ccc(CNC(=O)c2sc(-c3cn(C)c4ncccc34)nc2C)cc1. The minimum Gasteiger partial charge on any atom is -0.347 e. The van der Waals surface area contributed by atoms with E-state index >= 15 is 0 Å². The molecule has 0 radical (unpaired) electrons. The molecule has 3 aromatic heterocycles. The fourth-order valence-corrected chi connectivity index (χ4v) is 4.08. The number of fused-ring (bicyclic) bond motifs is 1. The average Bonchev–Trinajstić information content (AvgIpc) is 3.22. The van der Waals surface area contributed by atoms with Crippen molar-refractivity contribution in [1.29, 1.82) is 0 Å². The highest BCUT2D eigenvalue weighted by atomic mass is 32.1. The second kappa shape index (κ2) is 6.96. The van der Waals surface area contributed by atoms with E-state index in [4.69, 9.17) is 0 Å². The number of benzene rings is 1. The van der Waals surface area contributed by atoms with Crippen molar-refractivity contribution in [2.24, 2.45) is 7.05 Å². The van der Waals surface area contributed by atoms with E-state index in [9.17, 15) is 4.79 Å². The first-order chi connectivity index (χ1) is 13.0. The Balaban J connectivity index is 1.59. The molecule has 0 spiro atoms. The Labute approximate surface area is 161 Å². The maximum atomic E-state index is 12.7. The molecule has 6 heteroatoms. The molecule has 1 amide bonds. The van der Waals surface area contributed by atoms with E-state index < -0.39 is 0 Å². The molecule has 1 N–H and O–H groups in total. The Morgan fingerprint density at radius 2 is 1.96 bits per heavy atom. The molecule has 136 valence electrons. The molecule has 0 saturated heterocycles. The highest BCUT2D eigenvalue weighted by molar-refractivity contribution is 7.17. The number of rotatable bonds is 4. The third-order valence-corrected chi connectivity index (χ3v) is 5.73. The zero-order valence-corrected chi connectivity index (χ0v) is 16.3. The molecule has 0 fully saturated rings. The molecule has 0 saturated carbocycles. The van der Waals surface area contributed by atoms with Crippen LogP contribution in [0.2, 0.25) is 0 Å². The van der Waals surface area contributed by atoms with E-state index in [0.717, 1.165) is 32.9 Å². The fraction of sp³-hybridized carbons (Fsp3) is 0.190. The summed E-state index contributed by atoms with van der Waals surface area (Å²) in [6.07, 6.45) is 3.80. The molecule has 3 heterocycles. The lowest BCUT2D eigenvalue weighted by molar-refractivity contribution is 0.0954. The lowest BCUT2D eigenvalue weighted by Gasteiger charge is -2.04. The number of hydrogen-bond acceptors (Lipinski definition) is 4. The minimum atomic E-state index is -0.0878. The van der Waals surface area contributed by atoms with Gasteiger partial charge >= 0.3 is 0 Å². The molecule has 4 rings (SSSR count). The number of aromatic nitrogens is 3. The fourth-order valence-electron chi connectivity index (χ4n) is 3.07. The summed E-state index contributed by atoms with van der Waals surface area (Å²) >= 11 is 1.42. The smallest absolute Gasteiger partial charge is 0.263 e. The molecule has 1 aromatic carbocycles. The number of aryl methyl sites for hydroxylation is 3. The van der Waals surface area contributed by atoms with Crippen LogP contribution in [0.5, 0.6) is 0 Å². The van der Waals surface area contributed by atoms with Gasteiger partial charge in [0.2, 0.25) is 0 Å². The van der Waals surface area contributed by atoms with Crippen molar-refractivity contribution in [2.75, 3.05) is 0 Å². The molecule has 27 heavy (non-hydrogen) atoms. The van der Waals surface area contributed by atoms with E-state index in [1.807, 2.05) is 68.1 Å². The normalized spacial score (nSPS) is 11.1. The zero-order valence-electron chi connectivity index (χ0n) is 15.5. The van der Waals surface area contributed by atoms with Crippen molar-refractivity contribution in [3.05, 3.63) is 70.5 Å². The topological polar surface area (TPSA) is 59.8 Å². The van der Waals surface area contributed by atoms with E-state index in [1.54, 1.807) is 6.20 Å². The summed E-state index contributed by atoms with van der Waals surface area (Å²) in [5.41, 5.74) is 4.95. The third kappa shape index (κ3) is 3.36. The van der Waals surface area contributed by atoms with Gasteiger partial charge in [0.05, 0.1) is 5.69 Å². The van der Waals surface area contributed by atoms with Crippen LogP contribution in [0, 0.1) is 13.8 Å². The number of thiazole rings is 1. The summed E-state index contributed by atoms with van der Waals surface area (Å²) < 4.78 is 1.98. The highest BCUT2D eigenvalue weighted by Crippen LogP contribution is 2.33. The summed E-state index contributed by atoms with van der Waals surface area (Å²) in [5.74, 6) is -0.0878.